The third kappa shape index (κ3) is 1.87. The number of hydrogen-bond acceptors (Lipinski definition) is 4. The number of aryl methyl sites for hydroxylation is 1. The van der Waals surface area contributed by atoms with Crippen molar-refractivity contribution in [3.05, 3.63) is 35.5 Å². The van der Waals surface area contributed by atoms with Crippen molar-refractivity contribution in [2.45, 2.75) is 13.5 Å². The molecule has 0 aliphatic carbocycles. The van der Waals surface area contributed by atoms with E-state index in [0.29, 0.717) is 11.5 Å². The molecular formula is C10H10FN3O. The van der Waals surface area contributed by atoms with Crippen LogP contribution in [0.25, 0.3) is 11.5 Å². The minimum Gasteiger partial charge on any atom is -0.419 e. The monoisotopic (exact) mass is 207 g/mol. The zero-order valence-electron chi connectivity index (χ0n) is 8.20. The van der Waals surface area contributed by atoms with Gasteiger partial charge in [-0.05, 0) is 24.6 Å². The minimum atomic E-state index is -0.373. The molecule has 2 N–H and O–H groups in total. The van der Waals surface area contributed by atoms with E-state index in [9.17, 15) is 4.39 Å². The first-order valence-electron chi connectivity index (χ1n) is 4.49. The second kappa shape index (κ2) is 3.78. The smallest absolute Gasteiger partial charge is 0.250 e. The van der Waals surface area contributed by atoms with Gasteiger partial charge in [-0.15, -0.1) is 10.2 Å². The molecule has 1 heterocycles. The van der Waals surface area contributed by atoms with Crippen LogP contribution in [0.4, 0.5) is 4.39 Å². The summed E-state index contributed by atoms with van der Waals surface area (Å²) in [6.45, 7) is 1.96. The highest BCUT2D eigenvalue weighted by molar-refractivity contribution is 5.54. The Labute approximate surface area is 85.9 Å². The van der Waals surface area contributed by atoms with Gasteiger partial charge >= 0.3 is 0 Å². The summed E-state index contributed by atoms with van der Waals surface area (Å²) in [7, 11) is 0. The summed E-state index contributed by atoms with van der Waals surface area (Å²) in [4.78, 5) is 0. The Balaban J connectivity index is 2.44. The summed E-state index contributed by atoms with van der Waals surface area (Å²) in [6.07, 6.45) is 0. The van der Waals surface area contributed by atoms with Crippen LogP contribution in [0, 0.1) is 12.7 Å². The number of benzene rings is 1. The highest BCUT2D eigenvalue weighted by Crippen LogP contribution is 2.21. The topological polar surface area (TPSA) is 64.9 Å². The number of nitrogens with two attached hydrogens (primary N) is 1. The average Bonchev–Trinajstić information content (AvgIpc) is 2.66. The number of halogens is 1. The van der Waals surface area contributed by atoms with Crippen molar-refractivity contribution in [1.82, 2.24) is 10.2 Å². The normalized spacial score (nSPS) is 10.6. The molecule has 0 unspecified atom stereocenters. The Morgan fingerprint density at radius 3 is 2.80 bits per heavy atom. The second-order valence-electron chi connectivity index (χ2n) is 3.19. The molecule has 1 aromatic heterocycles. The Bertz CT molecular complexity index is 481. The quantitative estimate of drug-likeness (QED) is 0.813. The van der Waals surface area contributed by atoms with Gasteiger partial charge in [0.1, 0.15) is 5.82 Å². The summed E-state index contributed by atoms with van der Waals surface area (Å²) in [5, 5.41) is 7.38. The maximum Gasteiger partial charge on any atom is 0.250 e. The van der Waals surface area contributed by atoms with Gasteiger partial charge in [0.25, 0.3) is 5.89 Å². The Hall–Kier alpha value is -1.75. The van der Waals surface area contributed by atoms with Gasteiger partial charge < -0.3 is 10.2 Å². The molecule has 78 valence electrons. The van der Waals surface area contributed by atoms with E-state index in [4.69, 9.17) is 10.2 Å². The van der Waals surface area contributed by atoms with E-state index >= 15 is 0 Å². The van der Waals surface area contributed by atoms with Crippen molar-refractivity contribution in [2.24, 2.45) is 5.73 Å². The largest absolute Gasteiger partial charge is 0.419 e. The lowest BCUT2D eigenvalue weighted by atomic mass is 10.1. The molecule has 0 amide bonds. The number of rotatable bonds is 2. The molecule has 2 rings (SSSR count). The van der Waals surface area contributed by atoms with Gasteiger partial charge in [-0.25, -0.2) is 4.39 Å². The summed E-state index contributed by atoms with van der Waals surface area (Å²) < 4.78 is 18.6. The second-order valence-corrected chi connectivity index (χ2v) is 3.19. The predicted molar refractivity (Wildman–Crippen MR) is 52.3 cm³/mol. The molecule has 0 aliphatic rings. The molecule has 0 aliphatic heterocycles. The van der Waals surface area contributed by atoms with Gasteiger partial charge in [0.05, 0.1) is 12.1 Å². The molecule has 15 heavy (non-hydrogen) atoms. The van der Waals surface area contributed by atoms with Crippen LogP contribution in [-0.2, 0) is 6.54 Å². The van der Waals surface area contributed by atoms with Crippen LogP contribution in [0.3, 0.4) is 0 Å². The van der Waals surface area contributed by atoms with E-state index in [-0.39, 0.29) is 18.3 Å². The Kier molecular flexibility index (Phi) is 2.47. The molecule has 0 spiro atoms. The van der Waals surface area contributed by atoms with Crippen LogP contribution in [0.15, 0.2) is 22.6 Å². The molecule has 5 heteroatoms. The van der Waals surface area contributed by atoms with Crippen molar-refractivity contribution in [3.8, 4) is 11.5 Å². The van der Waals surface area contributed by atoms with Gasteiger partial charge in [-0.2, -0.15) is 0 Å². The fraction of sp³-hybridized carbons (Fsp3) is 0.200. The van der Waals surface area contributed by atoms with E-state index in [1.54, 1.807) is 12.1 Å². The number of hydrogen-bond donors (Lipinski definition) is 1. The zero-order chi connectivity index (χ0) is 10.8. The molecule has 4 nitrogen and oxygen atoms in total. The maximum atomic E-state index is 13.5. The molecule has 0 atom stereocenters. The van der Waals surface area contributed by atoms with Gasteiger partial charge in [0, 0.05) is 0 Å². The van der Waals surface area contributed by atoms with Crippen molar-refractivity contribution in [2.75, 3.05) is 0 Å². The molecular weight excluding hydrogens is 197 g/mol. The van der Waals surface area contributed by atoms with Crippen molar-refractivity contribution >= 4 is 0 Å². The molecule has 2 aromatic rings. The van der Waals surface area contributed by atoms with Crippen molar-refractivity contribution in [3.63, 3.8) is 0 Å². The molecule has 0 bridgehead atoms. The van der Waals surface area contributed by atoms with Crippen molar-refractivity contribution < 1.29 is 8.81 Å². The van der Waals surface area contributed by atoms with E-state index in [2.05, 4.69) is 10.2 Å². The fourth-order valence-electron chi connectivity index (χ4n) is 1.24. The van der Waals surface area contributed by atoms with Gasteiger partial charge in [-0.3, -0.25) is 0 Å². The lowest BCUT2D eigenvalue weighted by Gasteiger charge is -1.98. The van der Waals surface area contributed by atoms with Crippen molar-refractivity contribution in [1.29, 1.82) is 0 Å². The summed E-state index contributed by atoms with van der Waals surface area (Å²) in [5.41, 5.74) is 6.45. The molecule has 0 saturated heterocycles. The van der Waals surface area contributed by atoms with Gasteiger partial charge in [-0.1, -0.05) is 6.07 Å². The van der Waals surface area contributed by atoms with Crippen LogP contribution in [0.2, 0.25) is 0 Å². The lowest BCUT2D eigenvalue weighted by Crippen LogP contribution is -1.95. The van der Waals surface area contributed by atoms with Crippen LogP contribution >= 0.6 is 0 Å². The Morgan fingerprint density at radius 2 is 2.20 bits per heavy atom. The first-order chi connectivity index (χ1) is 7.20. The fourth-order valence-corrected chi connectivity index (χ4v) is 1.24. The SMILES string of the molecule is Cc1ccc(-c2nnc(CN)o2)c(F)c1. The van der Waals surface area contributed by atoms with Crippen LogP contribution in [0.1, 0.15) is 11.5 Å². The van der Waals surface area contributed by atoms with Gasteiger partial charge in [0.2, 0.25) is 5.89 Å². The number of nitrogens with zero attached hydrogens (tertiary/aromatic N) is 2. The average molecular weight is 207 g/mol. The van der Waals surface area contributed by atoms with E-state index in [1.807, 2.05) is 6.92 Å². The molecule has 0 radical (unpaired) electrons. The van der Waals surface area contributed by atoms with Crippen LogP contribution < -0.4 is 5.73 Å². The lowest BCUT2D eigenvalue weighted by molar-refractivity contribution is 0.504. The Morgan fingerprint density at radius 1 is 1.40 bits per heavy atom. The van der Waals surface area contributed by atoms with Gasteiger partial charge in [0.15, 0.2) is 0 Å². The highest BCUT2D eigenvalue weighted by atomic mass is 19.1. The molecule has 0 fully saturated rings. The van der Waals surface area contributed by atoms with E-state index < -0.39 is 0 Å². The minimum absolute atomic E-state index is 0.153. The van der Waals surface area contributed by atoms with Crippen LogP contribution in [0.5, 0.6) is 0 Å². The zero-order valence-corrected chi connectivity index (χ0v) is 8.20. The molecule has 1 aromatic carbocycles. The summed E-state index contributed by atoms with van der Waals surface area (Å²) in [5.74, 6) is 0.0835. The summed E-state index contributed by atoms with van der Waals surface area (Å²) >= 11 is 0. The highest BCUT2D eigenvalue weighted by Gasteiger charge is 2.11. The third-order valence-corrected chi connectivity index (χ3v) is 2.00. The van der Waals surface area contributed by atoms with Crippen LogP contribution in [-0.4, -0.2) is 10.2 Å². The number of aromatic nitrogens is 2. The third-order valence-electron chi connectivity index (χ3n) is 2.00. The van der Waals surface area contributed by atoms with E-state index in [0.717, 1.165) is 5.56 Å². The standard InChI is InChI=1S/C10H10FN3O/c1-6-2-3-7(8(11)4-6)10-14-13-9(5-12)15-10/h2-4H,5,12H2,1H3. The summed E-state index contributed by atoms with van der Waals surface area (Å²) in [6, 6.07) is 4.81. The molecule has 0 saturated carbocycles. The predicted octanol–water partition coefficient (Wildman–Crippen LogP) is 1.64. The first-order valence-corrected chi connectivity index (χ1v) is 4.49. The first kappa shape index (κ1) is 9.79. The maximum absolute atomic E-state index is 13.5. The van der Waals surface area contributed by atoms with E-state index in [1.165, 1.54) is 6.07 Å².